The van der Waals surface area contributed by atoms with Gasteiger partial charge in [-0.2, -0.15) is 0 Å². The Bertz CT molecular complexity index is 514. The zero-order valence-corrected chi connectivity index (χ0v) is 16.9. The van der Waals surface area contributed by atoms with Crippen molar-refractivity contribution in [2.75, 3.05) is 33.4 Å². The van der Waals surface area contributed by atoms with Crippen LogP contribution in [0.3, 0.4) is 0 Å². The summed E-state index contributed by atoms with van der Waals surface area (Å²) in [4.78, 5) is 47.4. The monoisotopic (exact) mass is 402 g/mol. The largest absolute Gasteiger partial charge is 0.380 e. The fraction of sp³-hybridized carbons (Fsp3) is 0.765. The molecule has 0 spiro atoms. The summed E-state index contributed by atoms with van der Waals surface area (Å²) >= 11 is 0. The molecule has 0 heterocycles. The van der Waals surface area contributed by atoms with Crippen LogP contribution in [0.25, 0.3) is 0 Å². The number of rotatable bonds is 14. The normalized spacial score (nSPS) is 12.8. The van der Waals surface area contributed by atoms with E-state index in [0.29, 0.717) is 26.0 Å². The van der Waals surface area contributed by atoms with Gasteiger partial charge in [0.15, 0.2) is 0 Å². The van der Waals surface area contributed by atoms with Gasteiger partial charge in [-0.05, 0) is 18.8 Å². The predicted octanol–water partition coefficient (Wildman–Crippen LogP) is -1.83. The van der Waals surface area contributed by atoms with Crippen molar-refractivity contribution in [3.05, 3.63) is 0 Å². The minimum Gasteiger partial charge on any atom is -0.380 e. The predicted molar refractivity (Wildman–Crippen MR) is 104 cm³/mol. The van der Waals surface area contributed by atoms with Crippen LogP contribution in [0, 0.1) is 5.92 Å². The van der Waals surface area contributed by atoms with Crippen LogP contribution in [-0.2, 0) is 19.1 Å². The highest BCUT2D eigenvalue weighted by atomic mass is 16.5. The van der Waals surface area contributed by atoms with E-state index in [4.69, 9.17) is 16.2 Å². The van der Waals surface area contributed by atoms with Crippen molar-refractivity contribution in [1.82, 2.24) is 21.3 Å². The Morgan fingerprint density at radius 3 is 2.25 bits per heavy atom. The number of urea groups is 1. The molecule has 2 atom stereocenters. The van der Waals surface area contributed by atoms with Crippen LogP contribution in [0.15, 0.2) is 0 Å². The molecule has 0 aromatic rings. The van der Waals surface area contributed by atoms with Crippen molar-refractivity contribution in [3.63, 3.8) is 0 Å². The summed E-state index contributed by atoms with van der Waals surface area (Å²) < 4.78 is 5.16. The fourth-order valence-corrected chi connectivity index (χ4v) is 2.35. The molecule has 8 N–H and O–H groups in total. The Hall–Kier alpha value is -2.40. The summed E-state index contributed by atoms with van der Waals surface area (Å²) in [7, 11) is 1.46. The molecule has 28 heavy (non-hydrogen) atoms. The molecule has 0 aromatic carbocycles. The highest BCUT2D eigenvalue weighted by Gasteiger charge is 2.28. The minimum absolute atomic E-state index is 0.105. The first-order valence-corrected chi connectivity index (χ1v) is 9.35. The number of carbonyl (C=O) groups is 4. The lowest BCUT2D eigenvalue weighted by atomic mass is 10.0. The van der Waals surface area contributed by atoms with Gasteiger partial charge in [-0.3, -0.25) is 14.4 Å². The molecule has 0 aliphatic rings. The molecule has 0 saturated carbocycles. The Balaban J connectivity index is 4.74. The van der Waals surface area contributed by atoms with Crippen LogP contribution in [0.2, 0.25) is 0 Å². The first kappa shape index (κ1) is 25.6. The number of nitrogens with two attached hydrogens (primary N) is 2. The van der Waals surface area contributed by atoms with Gasteiger partial charge in [-0.25, -0.2) is 4.79 Å². The molecular weight excluding hydrogens is 368 g/mol. The molecule has 0 unspecified atom stereocenters. The number of likely N-dealkylation sites (N-methyl/N-ethyl adjacent to an activating group) is 1. The molecule has 0 radical (unpaired) electrons. The van der Waals surface area contributed by atoms with E-state index >= 15 is 0 Å². The van der Waals surface area contributed by atoms with Crippen LogP contribution in [0.4, 0.5) is 4.79 Å². The summed E-state index contributed by atoms with van der Waals surface area (Å²) in [6.07, 6.45) is 0.851. The van der Waals surface area contributed by atoms with E-state index < -0.39 is 24.0 Å². The molecule has 0 bridgehead atoms. The third kappa shape index (κ3) is 11.3. The Morgan fingerprint density at radius 1 is 1.04 bits per heavy atom. The number of ether oxygens (including phenoxy) is 1. The van der Waals surface area contributed by atoms with E-state index in [1.807, 2.05) is 0 Å². The average Bonchev–Trinajstić information content (AvgIpc) is 2.64. The maximum Gasteiger partial charge on any atom is 0.312 e. The smallest absolute Gasteiger partial charge is 0.312 e. The highest BCUT2D eigenvalue weighted by Crippen LogP contribution is 2.05. The quantitative estimate of drug-likeness (QED) is 0.186. The van der Waals surface area contributed by atoms with Gasteiger partial charge in [0, 0.05) is 26.6 Å². The SMILES string of the molecule is CNC(=O)[C@H](CCCNC(N)=O)NC(=O)[C@@H](NC(=O)CCOCCN)C(C)C. The maximum atomic E-state index is 12.6. The van der Waals surface area contributed by atoms with Gasteiger partial charge in [0.25, 0.3) is 0 Å². The number of hydrogen-bond donors (Lipinski definition) is 6. The van der Waals surface area contributed by atoms with Gasteiger partial charge in [-0.1, -0.05) is 13.8 Å². The van der Waals surface area contributed by atoms with Crippen LogP contribution < -0.4 is 32.7 Å². The average molecular weight is 402 g/mol. The Labute approximate surface area is 165 Å². The molecule has 162 valence electrons. The van der Waals surface area contributed by atoms with Crippen molar-refractivity contribution < 1.29 is 23.9 Å². The van der Waals surface area contributed by atoms with E-state index in [1.54, 1.807) is 13.8 Å². The van der Waals surface area contributed by atoms with Gasteiger partial charge in [0.05, 0.1) is 13.2 Å². The summed E-state index contributed by atoms with van der Waals surface area (Å²) in [6, 6.07) is -2.24. The van der Waals surface area contributed by atoms with Gasteiger partial charge in [0.2, 0.25) is 17.7 Å². The standard InChI is InChI=1S/C17H34N6O5/c1-11(2)14(23-13(24)6-9-28-10-7-18)16(26)22-12(15(25)20-3)5-4-8-21-17(19)27/h11-12,14H,4-10,18H2,1-3H3,(H,20,25)(H,22,26)(H,23,24)(H3,19,21,27)/t12-,14-/m0/s1. The van der Waals surface area contributed by atoms with E-state index in [2.05, 4.69) is 21.3 Å². The van der Waals surface area contributed by atoms with E-state index in [0.717, 1.165) is 0 Å². The molecule has 0 fully saturated rings. The van der Waals surface area contributed by atoms with Crippen LogP contribution in [-0.4, -0.2) is 69.2 Å². The summed E-state index contributed by atoms with van der Waals surface area (Å²) in [5, 5.41) is 10.2. The first-order chi connectivity index (χ1) is 13.2. The van der Waals surface area contributed by atoms with E-state index in [9.17, 15) is 19.2 Å². The van der Waals surface area contributed by atoms with Gasteiger partial charge in [0.1, 0.15) is 12.1 Å². The zero-order valence-electron chi connectivity index (χ0n) is 16.9. The van der Waals surface area contributed by atoms with Crippen molar-refractivity contribution >= 4 is 23.8 Å². The molecule has 0 rings (SSSR count). The second-order valence-corrected chi connectivity index (χ2v) is 6.55. The molecule has 0 aliphatic carbocycles. The summed E-state index contributed by atoms with van der Waals surface area (Å²) in [5.74, 6) is -1.33. The van der Waals surface area contributed by atoms with Gasteiger partial charge in [-0.15, -0.1) is 0 Å². The maximum absolute atomic E-state index is 12.6. The van der Waals surface area contributed by atoms with Crippen molar-refractivity contribution in [1.29, 1.82) is 0 Å². The molecule has 11 heteroatoms. The number of carbonyl (C=O) groups excluding carboxylic acids is 4. The Kier molecular flexibility index (Phi) is 13.4. The lowest BCUT2D eigenvalue weighted by Gasteiger charge is -2.25. The van der Waals surface area contributed by atoms with Gasteiger partial charge >= 0.3 is 6.03 Å². The molecule has 0 saturated heterocycles. The van der Waals surface area contributed by atoms with E-state index in [1.165, 1.54) is 7.05 Å². The number of amides is 5. The Morgan fingerprint density at radius 2 is 1.71 bits per heavy atom. The fourth-order valence-electron chi connectivity index (χ4n) is 2.35. The van der Waals surface area contributed by atoms with Crippen LogP contribution in [0.5, 0.6) is 0 Å². The van der Waals surface area contributed by atoms with Crippen LogP contribution >= 0.6 is 0 Å². The van der Waals surface area contributed by atoms with Gasteiger partial charge < -0.3 is 37.5 Å². The zero-order chi connectivity index (χ0) is 21.5. The van der Waals surface area contributed by atoms with Crippen LogP contribution in [0.1, 0.15) is 33.1 Å². The lowest BCUT2D eigenvalue weighted by Crippen LogP contribution is -2.55. The number of nitrogens with one attached hydrogen (secondary N) is 4. The first-order valence-electron chi connectivity index (χ1n) is 9.35. The summed E-state index contributed by atoms with van der Waals surface area (Å²) in [5.41, 5.74) is 10.3. The molecule has 5 amide bonds. The van der Waals surface area contributed by atoms with Crippen molar-refractivity contribution in [2.24, 2.45) is 17.4 Å². The highest BCUT2D eigenvalue weighted by molar-refractivity contribution is 5.92. The lowest BCUT2D eigenvalue weighted by molar-refractivity contribution is -0.133. The second kappa shape index (κ2) is 14.6. The number of hydrogen-bond acceptors (Lipinski definition) is 6. The number of primary amides is 1. The topological polar surface area (TPSA) is 178 Å². The second-order valence-electron chi connectivity index (χ2n) is 6.55. The molecule has 11 nitrogen and oxygen atoms in total. The summed E-state index contributed by atoms with van der Waals surface area (Å²) in [6.45, 7) is 4.81. The third-order valence-electron chi connectivity index (χ3n) is 3.85. The van der Waals surface area contributed by atoms with E-state index in [-0.39, 0.29) is 37.3 Å². The molecule has 0 aromatic heterocycles. The van der Waals surface area contributed by atoms with Crippen molar-refractivity contribution in [2.45, 2.75) is 45.2 Å². The van der Waals surface area contributed by atoms with Crippen molar-refractivity contribution in [3.8, 4) is 0 Å². The molecule has 0 aliphatic heterocycles. The molecular formula is C17H34N6O5. The third-order valence-corrected chi connectivity index (χ3v) is 3.85. The minimum atomic E-state index is -0.794.